The molecule has 2 nitrogen and oxygen atoms in total. The van der Waals surface area contributed by atoms with Crippen LogP contribution < -0.4 is 10.5 Å². The number of aryl methyl sites for hydroxylation is 2. The first-order valence-electron chi connectivity index (χ1n) is 5.91. The van der Waals surface area contributed by atoms with Gasteiger partial charge in [0.2, 0.25) is 0 Å². The minimum atomic E-state index is 0.0920. The molecule has 1 saturated carbocycles. The molecule has 1 fully saturated rings. The van der Waals surface area contributed by atoms with Crippen LogP contribution in [-0.2, 0) is 0 Å². The third-order valence-electron chi connectivity index (χ3n) is 3.92. The summed E-state index contributed by atoms with van der Waals surface area (Å²) >= 11 is 0. The molecular weight excluding hydrogens is 198 g/mol. The summed E-state index contributed by atoms with van der Waals surface area (Å²) in [5.74, 6) is 1.03. The number of ether oxygens (including phenoxy) is 1. The maximum Gasteiger partial charge on any atom is 0.125 e. The van der Waals surface area contributed by atoms with E-state index in [1.54, 1.807) is 0 Å². The van der Waals surface area contributed by atoms with Gasteiger partial charge in [-0.25, -0.2) is 0 Å². The molecule has 1 aromatic carbocycles. The molecule has 1 aliphatic carbocycles. The first kappa shape index (κ1) is 11.5. The lowest BCUT2D eigenvalue weighted by atomic mass is 9.65. The third-order valence-corrected chi connectivity index (χ3v) is 3.92. The normalized spacial score (nSPS) is 27.3. The van der Waals surface area contributed by atoms with E-state index in [0.29, 0.717) is 0 Å². The topological polar surface area (TPSA) is 35.2 Å². The van der Waals surface area contributed by atoms with Crippen LogP contribution in [0.1, 0.15) is 31.4 Å². The van der Waals surface area contributed by atoms with E-state index in [0.717, 1.165) is 12.2 Å². The Morgan fingerprint density at radius 3 is 2.25 bits per heavy atom. The molecule has 0 bridgehead atoms. The lowest BCUT2D eigenvalue weighted by molar-refractivity contribution is -0.0406. The predicted octanol–water partition coefficient (Wildman–Crippen LogP) is 2.81. The first-order valence-corrected chi connectivity index (χ1v) is 5.91. The number of hydrogen-bond acceptors (Lipinski definition) is 2. The highest BCUT2D eigenvalue weighted by Crippen LogP contribution is 2.42. The predicted molar refractivity (Wildman–Crippen MR) is 66.7 cm³/mol. The summed E-state index contributed by atoms with van der Waals surface area (Å²) in [7, 11) is 0. The van der Waals surface area contributed by atoms with Gasteiger partial charge < -0.3 is 10.5 Å². The van der Waals surface area contributed by atoms with Gasteiger partial charge in [0.05, 0.1) is 0 Å². The van der Waals surface area contributed by atoms with E-state index in [1.165, 1.54) is 11.1 Å². The van der Waals surface area contributed by atoms with E-state index in [9.17, 15) is 0 Å². The zero-order valence-electron chi connectivity index (χ0n) is 10.6. The average Bonchev–Trinajstić information content (AvgIpc) is 2.22. The van der Waals surface area contributed by atoms with Crippen molar-refractivity contribution in [1.29, 1.82) is 0 Å². The van der Waals surface area contributed by atoms with Gasteiger partial charge in [0, 0.05) is 17.9 Å². The molecule has 16 heavy (non-hydrogen) atoms. The molecule has 1 aromatic rings. The molecule has 0 heterocycles. The van der Waals surface area contributed by atoms with Crippen molar-refractivity contribution in [3.8, 4) is 5.75 Å². The van der Waals surface area contributed by atoms with Gasteiger partial charge in [0.1, 0.15) is 11.9 Å². The van der Waals surface area contributed by atoms with Crippen LogP contribution in [0, 0.1) is 19.3 Å². The zero-order valence-corrected chi connectivity index (χ0v) is 10.6. The summed E-state index contributed by atoms with van der Waals surface area (Å²) < 4.78 is 6.12. The molecule has 2 heteroatoms. The van der Waals surface area contributed by atoms with Crippen LogP contribution in [0.25, 0.3) is 0 Å². The van der Waals surface area contributed by atoms with Crippen molar-refractivity contribution < 1.29 is 4.74 Å². The Kier molecular flexibility index (Phi) is 2.70. The largest absolute Gasteiger partial charge is 0.489 e. The molecule has 0 saturated heterocycles. The van der Waals surface area contributed by atoms with Gasteiger partial charge >= 0.3 is 0 Å². The lowest BCUT2D eigenvalue weighted by Crippen LogP contribution is -2.60. The molecule has 0 spiro atoms. The Morgan fingerprint density at radius 1 is 1.25 bits per heavy atom. The summed E-state index contributed by atoms with van der Waals surface area (Å²) in [5, 5.41) is 0. The van der Waals surface area contributed by atoms with E-state index in [1.807, 2.05) is 0 Å². The van der Waals surface area contributed by atoms with Gasteiger partial charge in [-0.2, -0.15) is 0 Å². The number of para-hydroxylation sites is 1. The van der Waals surface area contributed by atoms with Gasteiger partial charge in [-0.05, 0) is 25.0 Å². The lowest BCUT2D eigenvalue weighted by Gasteiger charge is -2.49. The SMILES string of the molecule is Cc1cccc(C)c1OC1CC(N)C1(C)C. The highest BCUT2D eigenvalue weighted by atomic mass is 16.5. The van der Waals surface area contributed by atoms with Crippen molar-refractivity contribution in [3.05, 3.63) is 29.3 Å². The second kappa shape index (κ2) is 3.77. The Morgan fingerprint density at radius 2 is 1.81 bits per heavy atom. The van der Waals surface area contributed by atoms with Crippen LogP contribution in [0.2, 0.25) is 0 Å². The van der Waals surface area contributed by atoms with Crippen LogP contribution in [0.15, 0.2) is 18.2 Å². The Balaban J connectivity index is 2.17. The molecule has 2 rings (SSSR count). The second-order valence-corrected chi connectivity index (χ2v) is 5.49. The van der Waals surface area contributed by atoms with E-state index in [2.05, 4.69) is 45.9 Å². The van der Waals surface area contributed by atoms with Gasteiger partial charge in [-0.15, -0.1) is 0 Å². The maximum absolute atomic E-state index is 6.12. The van der Waals surface area contributed by atoms with E-state index in [4.69, 9.17) is 10.5 Å². The summed E-state index contributed by atoms with van der Waals surface area (Å²) in [6.45, 7) is 8.54. The highest BCUT2D eigenvalue weighted by molar-refractivity contribution is 5.40. The first-order chi connectivity index (χ1) is 7.43. The Bertz CT molecular complexity index is 377. The van der Waals surface area contributed by atoms with E-state index >= 15 is 0 Å². The summed E-state index contributed by atoms with van der Waals surface area (Å²) in [6, 6.07) is 6.51. The van der Waals surface area contributed by atoms with Gasteiger partial charge in [0.25, 0.3) is 0 Å². The maximum atomic E-state index is 6.12. The Labute approximate surface area is 97.8 Å². The molecule has 2 atom stereocenters. The van der Waals surface area contributed by atoms with Crippen LogP contribution >= 0.6 is 0 Å². The zero-order chi connectivity index (χ0) is 11.9. The minimum absolute atomic E-state index is 0.0920. The minimum Gasteiger partial charge on any atom is -0.489 e. The summed E-state index contributed by atoms with van der Waals surface area (Å²) in [6.07, 6.45) is 1.21. The number of hydrogen-bond donors (Lipinski definition) is 1. The Hall–Kier alpha value is -1.02. The number of nitrogens with two attached hydrogens (primary N) is 1. The third kappa shape index (κ3) is 1.71. The van der Waals surface area contributed by atoms with Crippen molar-refractivity contribution in [1.82, 2.24) is 0 Å². The smallest absolute Gasteiger partial charge is 0.125 e. The molecule has 88 valence electrons. The second-order valence-electron chi connectivity index (χ2n) is 5.49. The molecule has 0 radical (unpaired) electrons. The standard InChI is InChI=1S/C14H21NO/c1-9-6-5-7-10(2)13(9)16-12-8-11(15)14(12,3)4/h5-7,11-12H,8,15H2,1-4H3. The average molecular weight is 219 g/mol. The van der Waals surface area contributed by atoms with Crippen LogP contribution in [0.3, 0.4) is 0 Å². The van der Waals surface area contributed by atoms with Crippen LogP contribution in [0.4, 0.5) is 0 Å². The van der Waals surface area contributed by atoms with Crippen molar-refractivity contribution in [2.45, 2.75) is 46.3 Å². The number of rotatable bonds is 2. The highest BCUT2D eigenvalue weighted by Gasteiger charge is 2.48. The number of benzene rings is 1. The molecule has 1 aliphatic rings. The van der Waals surface area contributed by atoms with E-state index in [-0.39, 0.29) is 17.6 Å². The molecule has 2 unspecified atom stereocenters. The molecule has 0 amide bonds. The van der Waals surface area contributed by atoms with Gasteiger partial charge in [0.15, 0.2) is 0 Å². The van der Waals surface area contributed by atoms with Crippen molar-refractivity contribution in [3.63, 3.8) is 0 Å². The molecule has 2 N–H and O–H groups in total. The summed E-state index contributed by atoms with van der Waals surface area (Å²) in [4.78, 5) is 0. The van der Waals surface area contributed by atoms with Crippen molar-refractivity contribution >= 4 is 0 Å². The molecule has 0 aliphatic heterocycles. The fraction of sp³-hybridized carbons (Fsp3) is 0.571. The molecule has 0 aromatic heterocycles. The van der Waals surface area contributed by atoms with Crippen molar-refractivity contribution in [2.24, 2.45) is 11.1 Å². The summed E-state index contributed by atoms with van der Waals surface area (Å²) in [5.41, 5.74) is 8.50. The van der Waals surface area contributed by atoms with Crippen molar-refractivity contribution in [2.75, 3.05) is 0 Å². The van der Waals surface area contributed by atoms with Gasteiger partial charge in [-0.1, -0.05) is 32.0 Å². The van der Waals surface area contributed by atoms with Crippen LogP contribution in [0.5, 0.6) is 5.75 Å². The quantitative estimate of drug-likeness (QED) is 0.830. The monoisotopic (exact) mass is 219 g/mol. The van der Waals surface area contributed by atoms with Gasteiger partial charge in [-0.3, -0.25) is 0 Å². The van der Waals surface area contributed by atoms with Crippen LogP contribution in [-0.4, -0.2) is 12.1 Å². The fourth-order valence-corrected chi connectivity index (χ4v) is 2.24. The molecular formula is C14H21NO. The van der Waals surface area contributed by atoms with E-state index < -0.39 is 0 Å². The fourth-order valence-electron chi connectivity index (χ4n) is 2.24.